The number of benzene rings is 1. The molecule has 7 heteroatoms. The van der Waals surface area contributed by atoms with Crippen molar-refractivity contribution in [3.63, 3.8) is 0 Å². The third-order valence-corrected chi connectivity index (χ3v) is 4.09. The van der Waals surface area contributed by atoms with E-state index in [1.165, 1.54) is 0 Å². The molecular weight excluding hydrogens is 317 g/mol. The number of rotatable bonds is 4. The molecule has 0 radical (unpaired) electrons. The van der Waals surface area contributed by atoms with Gasteiger partial charge in [-0.1, -0.05) is 23.7 Å². The minimum absolute atomic E-state index is 0.0490. The van der Waals surface area contributed by atoms with Gasteiger partial charge < -0.3 is 5.32 Å². The lowest BCUT2D eigenvalue weighted by atomic mass is 10.00. The zero-order chi connectivity index (χ0) is 16.3. The molecule has 1 amide bonds. The molecule has 0 unspecified atom stereocenters. The minimum atomic E-state index is -4.31. The fraction of sp³-hybridized carbons (Fsp3) is 0.533. The smallest absolute Gasteiger partial charge is 0.351 e. The van der Waals surface area contributed by atoms with E-state index in [4.69, 9.17) is 11.6 Å². The molecule has 1 fully saturated rings. The summed E-state index contributed by atoms with van der Waals surface area (Å²) in [5, 5.41) is 3.35. The van der Waals surface area contributed by atoms with Crippen LogP contribution in [0.5, 0.6) is 0 Å². The first-order valence-electron chi connectivity index (χ1n) is 7.08. The van der Waals surface area contributed by atoms with Gasteiger partial charge >= 0.3 is 6.18 Å². The maximum Gasteiger partial charge on any atom is 0.389 e. The molecule has 1 heterocycles. The molecule has 122 valence electrons. The number of carbonyl (C=O) groups excluding carboxylic acids is 1. The maximum atomic E-state index is 12.2. The Labute approximate surface area is 132 Å². The Balaban J connectivity index is 2.00. The van der Waals surface area contributed by atoms with Crippen molar-refractivity contribution in [1.82, 2.24) is 10.2 Å². The Morgan fingerprint density at radius 2 is 2.00 bits per heavy atom. The van der Waals surface area contributed by atoms with Gasteiger partial charge in [0.15, 0.2) is 0 Å². The molecule has 2 atom stereocenters. The Bertz CT molecular complexity index is 519. The highest BCUT2D eigenvalue weighted by Gasteiger charge is 2.35. The van der Waals surface area contributed by atoms with E-state index in [9.17, 15) is 18.0 Å². The van der Waals surface area contributed by atoms with Crippen molar-refractivity contribution < 1.29 is 18.0 Å². The summed E-state index contributed by atoms with van der Waals surface area (Å²) in [6, 6.07) is 7.06. The summed E-state index contributed by atoms with van der Waals surface area (Å²) in [4.78, 5) is 13.8. The van der Waals surface area contributed by atoms with Crippen LogP contribution in [0.25, 0.3) is 0 Å². The molecule has 1 N–H and O–H groups in total. The first-order valence-corrected chi connectivity index (χ1v) is 7.46. The van der Waals surface area contributed by atoms with Crippen LogP contribution in [0.1, 0.15) is 30.9 Å². The summed E-state index contributed by atoms with van der Waals surface area (Å²) >= 11 is 5.87. The van der Waals surface area contributed by atoms with E-state index < -0.39 is 24.9 Å². The number of nitrogens with zero attached hydrogens (tertiary/aromatic N) is 1. The number of alkyl halides is 3. The number of nitrogens with one attached hydrogen (secondary N) is 1. The average Bonchev–Trinajstić information content (AvgIpc) is 2.78. The van der Waals surface area contributed by atoms with Gasteiger partial charge in [0.1, 0.15) is 0 Å². The second kappa shape index (κ2) is 6.87. The van der Waals surface area contributed by atoms with Gasteiger partial charge in [-0.3, -0.25) is 9.69 Å². The average molecular weight is 335 g/mol. The predicted molar refractivity (Wildman–Crippen MR) is 78.7 cm³/mol. The first-order chi connectivity index (χ1) is 10.3. The molecule has 0 aliphatic carbocycles. The van der Waals surface area contributed by atoms with Crippen LogP contribution >= 0.6 is 11.6 Å². The van der Waals surface area contributed by atoms with Gasteiger partial charge in [0.2, 0.25) is 5.91 Å². The van der Waals surface area contributed by atoms with E-state index in [0.29, 0.717) is 11.4 Å². The summed E-state index contributed by atoms with van der Waals surface area (Å²) in [6.45, 7) is 0.775. The predicted octanol–water partition coefficient (Wildman–Crippen LogP) is 3.54. The van der Waals surface area contributed by atoms with Crippen molar-refractivity contribution >= 4 is 17.5 Å². The molecular formula is C15H18ClF3N2O. The lowest BCUT2D eigenvalue weighted by molar-refractivity contribution is -0.144. The molecule has 22 heavy (non-hydrogen) atoms. The quantitative estimate of drug-likeness (QED) is 0.913. The molecule has 1 aromatic carbocycles. The molecule has 1 saturated heterocycles. The molecule has 3 nitrogen and oxygen atoms in total. The molecule has 0 aromatic heterocycles. The van der Waals surface area contributed by atoms with Crippen molar-refractivity contribution in [2.75, 3.05) is 13.6 Å². The van der Waals surface area contributed by atoms with E-state index in [1.54, 1.807) is 12.1 Å². The van der Waals surface area contributed by atoms with Crippen LogP contribution in [0.2, 0.25) is 5.02 Å². The zero-order valence-electron chi connectivity index (χ0n) is 12.2. The van der Waals surface area contributed by atoms with Gasteiger partial charge in [-0.2, -0.15) is 13.2 Å². The summed E-state index contributed by atoms with van der Waals surface area (Å²) < 4.78 is 36.5. The number of likely N-dealkylation sites (N-methyl/N-ethyl adjacent to an activating group) is 1. The van der Waals surface area contributed by atoms with Crippen molar-refractivity contribution in [2.24, 2.45) is 0 Å². The van der Waals surface area contributed by atoms with E-state index in [-0.39, 0.29) is 12.1 Å². The fourth-order valence-electron chi connectivity index (χ4n) is 2.78. The van der Waals surface area contributed by atoms with Gasteiger partial charge in [-0.05, 0) is 31.2 Å². The summed E-state index contributed by atoms with van der Waals surface area (Å²) in [7, 11) is 1.93. The fourth-order valence-corrected chi connectivity index (χ4v) is 2.90. The van der Waals surface area contributed by atoms with E-state index in [0.717, 1.165) is 12.1 Å². The van der Waals surface area contributed by atoms with Crippen LogP contribution in [0, 0.1) is 0 Å². The second-order valence-corrected chi connectivity index (χ2v) is 5.99. The number of amides is 1. The first kappa shape index (κ1) is 17.1. The van der Waals surface area contributed by atoms with Crippen LogP contribution in [-0.2, 0) is 4.79 Å². The van der Waals surface area contributed by atoms with Crippen molar-refractivity contribution in [1.29, 1.82) is 0 Å². The SMILES string of the molecule is CN1CC[C@H](NC(=O)CCC(F)(F)F)[C@H]1c1ccc(Cl)cc1. The highest BCUT2D eigenvalue weighted by Crippen LogP contribution is 2.32. The van der Waals surface area contributed by atoms with Crippen LogP contribution in [-0.4, -0.2) is 36.6 Å². The zero-order valence-corrected chi connectivity index (χ0v) is 12.9. The van der Waals surface area contributed by atoms with Crippen molar-refractivity contribution in [2.45, 2.75) is 37.5 Å². The Morgan fingerprint density at radius 1 is 1.36 bits per heavy atom. The van der Waals surface area contributed by atoms with Gasteiger partial charge in [0.25, 0.3) is 0 Å². The number of hydrogen-bond donors (Lipinski definition) is 1. The molecule has 1 aliphatic rings. The van der Waals surface area contributed by atoms with Crippen molar-refractivity contribution in [3.05, 3.63) is 34.9 Å². The summed E-state index contributed by atoms with van der Waals surface area (Å²) in [6.07, 6.45) is -5.22. The Hall–Kier alpha value is -1.27. The highest BCUT2D eigenvalue weighted by atomic mass is 35.5. The maximum absolute atomic E-state index is 12.2. The number of likely N-dealkylation sites (tertiary alicyclic amines) is 1. The van der Waals surface area contributed by atoms with Crippen LogP contribution in [0.3, 0.4) is 0 Å². The number of hydrogen-bond acceptors (Lipinski definition) is 2. The lowest BCUT2D eigenvalue weighted by Crippen LogP contribution is -2.39. The Kier molecular flexibility index (Phi) is 5.34. The Morgan fingerprint density at radius 3 is 2.59 bits per heavy atom. The highest BCUT2D eigenvalue weighted by molar-refractivity contribution is 6.30. The van der Waals surface area contributed by atoms with Crippen LogP contribution in [0.4, 0.5) is 13.2 Å². The normalized spacial score (nSPS) is 22.8. The van der Waals surface area contributed by atoms with Gasteiger partial charge in [0.05, 0.1) is 12.5 Å². The molecule has 0 spiro atoms. The van der Waals surface area contributed by atoms with E-state index >= 15 is 0 Å². The van der Waals surface area contributed by atoms with E-state index in [1.807, 2.05) is 19.2 Å². The topological polar surface area (TPSA) is 32.3 Å². The summed E-state index contributed by atoms with van der Waals surface area (Å²) in [5.74, 6) is -0.559. The standard InChI is InChI=1S/C15H18ClF3N2O/c1-21-9-7-12(20-13(22)6-8-15(17,18)19)14(21)10-2-4-11(16)5-3-10/h2-5,12,14H,6-9H2,1H3,(H,20,22)/t12-,14+/m0/s1. The third kappa shape index (κ3) is 4.61. The molecule has 0 saturated carbocycles. The molecule has 1 aromatic rings. The molecule has 0 bridgehead atoms. The van der Waals surface area contributed by atoms with Crippen molar-refractivity contribution in [3.8, 4) is 0 Å². The largest absolute Gasteiger partial charge is 0.389 e. The molecule has 2 rings (SSSR count). The monoisotopic (exact) mass is 334 g/mol. The number of halogens is 4. The lowest BCUT2D eigenvalue weighted by Gasteiger charge is -2.26. The third-order valence-electron chi connectivity index (χ3n) is 3.84. The minimum Gasteiger partial charge on any atom is -0.351 e. The number of carbonyl (C=O) groups is 1. The van der Waals surface area contributed by atoms with Gasteiger partial charge in [-0.15, -0.1) is 0 Å². The van der Waals surface area contributed by atoms with E-state index in [2.05, 4.69) is 10.2 Å². The molecule has 1 aliphatic heterocycles. The van der Waals surface area contributed by atoms with Crippen LogP contribution in [0.15, 0.2) is 24.3 Å². The summed E-state index contributed by atoms with van der Waals surface area (Å²) in [5.41, 5.74) is 0.991. The second-order valence-electron chi connectivity index (χ2n) is 5.55. The van der Waals surface area contributed by atoms with Gasteiger partial charge in [-0.25, -0.2) is 0 Å². The van der Waals surface area contributed by atoms with Crippen LogP contribution < -0.4 is 5.32 Å². The van der Waals surface area contributed by atoms with Gasteiger partial charge in [0, 0.05) is 24.0 Å².